The van der Waals surface area contributed by atoms with Crippen LogP contribution in [0.2, 0.25) is 0 Å². The van der Waals surface area contributed by atoms with Crippen molar-refractivity contribution in [2.24, 2.45) is 5.92 Å². The molecule has 0 N–H and O–H groups in total. The van der Waals surface area contributed by atoms with Gasteiger partial charge in [-0.15, -0.1) is 0 Å². The number of benzene rings is 1. The van der Waals surface area contributed by atoms with Crippen LogP contribution >= 0.6 is 11.8 Å². The second kappa shape index (κ2) is 11.5. The molecule has 0 fully saturated rings. The van der Waals surface area contributed by atoms with Crippen LogP contribution in [0.4, 0.5) is 11.5 Å². The van der Waals surface area contributed by atoms with E-state index in [4.69, 9.17) is 4.74 Å². The molecule has 35 heavy (non-hydrogen) atoms. The summed E-state index contributed by atoms with van der Waals surface area (Å²) < 4.78 is 6.50. The Balaban J connectivity index is 1.59. The third kappa shape index (κ3) is 5.93. The van der Waals surface area contributed by atoms with Crippen LogP contribution in [0.15, 0.2) is 60.1 Å². The number of thioether (sulfide) groups is 1. The predicted octanol–water partition coefficient (Wildman–Crippen LogP) is 5.64. The van der Waals surface area contributed by atoms with Gasteiger partial charge in [0.1, 0.15) is 23.2 Å². The monoisotopic (exact) mass is 491 g/mol. The summed E-state index contributed by atoms with van der Waals surface area (Å²) in [5, 5.41) is 0.658. The number of amides is 1. The standard InChI is InChI=1S/C27H33N5O2S/c1-5-19(2)11-12-24(20-8-7-13-28-17-20)34-22-10-6-9-21(16-22)32-15-14-31(3)25-23(26(32)33)18-29-27(30-25)35-4/h6-10,13,16-19,24H,5,11-12,14-15H2,1-4H3. The number of ether oxygens (including phenoxy) is 1. The van der Waals surface area contributed by atoms with Gasteiger partial charge >= 0.3 is 0 Å². The summed E-state index contributed by atoms with van der Waals surface area (Å²) in [5.74, 6) is 1.94. The Kier molecular flexibility index (Phi) is 8.23. The van der Waals surface area contributed by atoms with E-state index in [1.807, 2.05) is 54.7 Å². The van der Waals surface area contributed by atoms with Crippen LogP contribution in [0, 0.1) is 5.92 Å². The number of pyridine rings is 1. The molecule has 1 aliphatic heterocycles. The van der Waals surface area contributed by atoms with Crippen molar-refractivity contribution in [1.29, 1.82) is 0 Å². The molecule has 2 aromatic heterocycles. The number of hydrogen-bond donors (Lipinski definition) is 0. The second-order valence-electron chi connectivity index (χ2n) is 8.95. The molecule has 0 spiro atoms. The van der Waals surface area contributed by atoms with Crippen molar-refractivity contribution in [3.05, 3.63) is 66.1 Å². The summed E-state index contributed by atoms with van der Waals surface area (Å²) in [4.78, 5) is 30.5. The summed E-state index contributed by atoms with van der Waals surface area (Å²) in [6, 6.07) is 11.8. The van der Waals surface area contributed by atoms with E-state index in [1.165, 1.54) is 11.8 Å². The van der Waals surface area contributed by atoms with Gasteiger partial charge in [0, 0.05) is 56.0 Å². The summed E-state index contributed by atoms with van der Waals surface area (Å²) in [5.41, 5.74) is 2.37. The number of hydrogen-bond acceptors (Lipinski definition) is 7. The Morgan fingerprint density at radius 3 is 2.74 bits per heavy atom. The summed E-state index contributed by atoms with van der Waals surface area (Å²) in [7, 11) is 1.96. The molecule has 1 amide bonds. The van der Waals surface area contributed by atoms with Gasteiger partial charge in [-0.3, -0.25) is 9.78 Å². The number of rotatable bonds is 9. The number of nitrogens with zero attached hydrogens (tertiary/aromatic N) is 5. The van der Waals surface area contributed by atoms with Gasteiger partial charge in [-0.25, -0.2) is 9.97 Å². The van der Waals surface area contributed by atoms with Crippen LogP contribution < -0.4 is 14.5 Å². The van der Waals surface area contributed by atoms with E-state index in [0.29, 0.717) is 35.5 Å². The molecule has 0 radical (unpaired) electrons. The number of anilines is 2. The maximum Gasteiger partial charge on any atom is 0.263 e. The molecule has 4 rings (SSSR count). The van der Waals surface area contributed by atoms with E-state index >= 15 is 0 Å². The average Bonchev–Trinajstić information content (AvgIpc) is 3.02. The first-order valence-corrected chi connectivity index (χ1v) is 13.3. The molecular weight excluding hydrogens is 458 g/mol. The zero-order valence-electron chi connectivity index (χ0n) is 20.8. The number of fused-ring (bicyclic) bond motifs is 1. The second-order valence-corrected chi connectivity index (χ2v) is 9.73. The largest absolute Gasteiger partial charge is 0.486 e. The van der Waals surface area contributed by atoms with Gasteiger partial charge in [-0.1, -0.05) is 44.2 Å². The Morgan fingerprint density at radius 1 is 1.14 bits per heavy atom. The smallest absolute Gasteiger partial charge is 0.263 e. The van der Waals surface area contributed by atoms with Crippen LogP contribution in [0.1, 0.15) is 55.1 Å². The molecule has 3 heterocycles. The lowest BCUT2D eigenvalue weighted by molar-refractivity contribution is 0.0989. The quantitative estimate of drug-likeness (QED) is 0.283. The fourth-order valence-corrected chi connectivity index (χ4v) is 4.47. The van der Waals surface area contributed by atoms with Gasteiger partial charge in [0.15, 0.2) is 5.16 Å². The van der Waals surface area contributed by atoms with E-state index in [2.05, 4.69) is 34.9 Å². The minimum atomic E-state index is -0.102. The lowest BCUT2D eigenvalue weighted by Crippen LogP contribution is -2.33. The fraction of sp³-hybridized carbons (Fsp3) is 0.407. The zero-order valence-corrected chi connectivity index (χ0v) is 21.7. The number of carbonyl (C=O) groups is 1. The Bertz CT molecular complexity index is 1140. The first-order chi connectivity index (χ1) is 17.0. The van der Waals surface area contributed by atoms with E-state index in [9.17, 15) is 4.79 Å². The molecule has 2 atom stereocenters. The van der Waals surface area contributed by atoms with Gasteiger partial charge in [0.05, 0.1) is 0 Å². The molecule has 2 unspecified atom stereocenters. The normalized spacial score (nSPS) is 15.4. The topological polar surface area (TPSA) is 71.5 Å². The summed E-state index contributed by atoms with van der Waals surface area (Å²) >= 11 is 1.47. The van der Waals surface area contributed by atoms with Crippen molar-refractivity contribution in [1.82, 2.24) is 15.0 Å². The minimum absolute atomic E-state index is 0.0991. The van der Waals surface area contributed by atoms with E-state index in [1.54, 1.807) is 17.3 Å². The Hall–Kier alpha value is -3.13. The highest BCUT2D eigenvalue weighted by atomic mass is 32.2. The van der Waals surface area contributed by atoms with Crippen molar-refractivity contribution in [3.8, 4) is 5.75 Å². The number of carbonyl (C=O) groups excluding carboxylic acids is 1. The highest BCUT2D eigenvalue weighted by Gasteiger charge is 2.28. The van der Waals surface area contributed by atoms with Crippen LogP contribution in [-0.2, 0) is 0 Å². The fourth-order valence-electron chi connectivity index (χ4n) is 4.14. The molecule has 0 aliphatic carbocycles. The predicted molar refractivity (Wildman–Crippen MR) is 141 cm³/mol. The molecule has 3 aromatic rings. The lowest BCUT2D eigenvalue weighted by atomic mass is 9.98. The highest BCUT2D eigenvalue weighted by molar-refractivity contribution is 7.98. The first kappa shape index (κ1) is 25.0. The molecule has 8 heteroatoms. The molecule has 184 valence electrons. The van der Waals surface area contributed by atoms with Gasteiger partial charge in [0.25, 0.3) is 5.91 Å². The molecule has 0 saturated carbocycles. The molecule has 7 nitrogen and oxygen atoms in total. The maximum atomic E-state index is 13.5. The van der Waals surface area contributed by atoms with Crippen LogP contribution in [-0.4, -0.2) is 47.3 Å². The Morgan fingerprint density at radius 2 is 2.00 bits per heavy atom. The highest BCUT2D eigenvalue weighted by Crippen LogP contribution is 2.32. The van der Waals surface area contributed by atoms with Crippen LogP contribution in [0.3, 0.4) is 0 Å². The zero-order chi connectivity index (χ0) is 24.8. The van der Waals surface area contributed by atoms with Gasteiger partial charge < -0.3 is 14.5 Å². The third-order valence-corrected chi connectivity index (χ3v) is 7.07. The molecule has 1 aliphatic rings. The van der Waals surface area contributed by atoms with Gasteiger partial charge in [-0.05, 0) is 43.2 Å². The van der Waals surface area contributed by atoms with Crippen molar-refractivity contribution in [2.75, 3.05) is 36.2 Å². The van der Waals surface area contributed by atoms with Crippen LogP contribution in [0.25, 0.3) is 0 Å². The van der Waals surface area contributed by atoms with Crippen molar-refractivity contribution < 1.29 is 9.53 Å². The van der Waals surface area contributed by atoms with Crippen molar-refractivity contribution in [3.63, 3.8) is 0 Å². The van der Waals surface area contributed by atoms with Gasteiger partial charge in [-0.2, -0.15) is 0 Å². The van der Waals surface area contributed by atoms with Gasteiger partial charge in [0.2, 0.25) is 0 Å². The molecular formula is C27H33N5O2S. The van der Waals surface area contributed by atoms with Crippen LogP contribution in [0.5, 0.6) is 5.75 Å². The molecule has 0 saturated heterocycles. The lowest BCUT2D eigenvalue weighted by Gasteiger charge is -2.24. The number of likely N-dealkylation sites (N-methyl/N-ethyl adjacent to an activating group) is 1. The molecule has 1 aromatic carbocycles. The average molecular weight is 492 g/mol. The van der Waals surface area contributed by atoms with Crippen molar-refractivity contribution >= 4 is 29.2 Å². The van der Waals surface area contributed by atoms with E-state index in [-0.39, 0.29) is 12.0 Å². The third-order valence-electron chi connectivity index (χ3n) is 6.51. The summed E-state index contributed by atoms with van der Waals surface area (Å²) in [6.45, 7) is 5.70. The minimum Gasteiger partial charge on any atom is -0.486 e. The van der Waals surface area contributed by atoms with E-state index < -0.39 is 0 Å². The number of aromatic nitrogens is 3. The van der Waals surface area contributed by atoms with E-state index in [0.717, 1.165) is 36.3 Å². The SMILES string of the molecule is CCC(C)CCC(Oc1cccc(N2CCN(C)c3nc(SC)ncc3C2=O)c1)c1cccnc1. The first-order valence-electron chi connectivity index (χ1n) is 12.1. The summed E-state index contributed by atoms with van der Waals surface area (Å²) in [6.07, 6.45) is 10.2. The maximum absolute atomic E-state index is 13.5. The molecule has 0 bridgehead atoms. The van der Waals surface area contributed by atoms with Crippen molar-refractivity contribution in [2.45, 2.75) is 44.4 Å². The Labute approximate surface area is 211 Å².